The Morgan fingerprint density at radius 3 is 2.57 bits per heavy atom. The maximum atomic E-state index is 12.2. The molecule has 23 heavy (non-hydrogen) atoms. The van der Waals surface area contributed by atoms with E-state index in [4.69, 9.17) is 9.84 Å². The van der Waals surface area contributed by atoms with Gasteiger partial charge in [0.15, 0.2) is 0 Å². The highest BCUT2D eigenvalue weighted by atomic mass is 79.9. The van der Waals surface area contributed by atoms with Crippen molar-refractivity contribution in [1.82, 2.24) is 4.31 Å². The van der Waals surface area contributed by atoms with Crippen LogP contribution in [-0.4, -0.2) is 54.6 Å². The fourth-order valence-electron chi connectivity index (χ4n) is 2.24. The Hall–Kier alpha value is -0.810. The van der Waals surface area contributed by atoms with E-state index in [1.54, 1.807) is 11.1 Å². The van der Waals surface area contributed by atoms with Crippen LogP contribution in [-0.2, 0) is 14.8 Å². The molecule has 0 aromatic heterocycles. The SMILES string of the molecule is CC1CC(CN(C(=O)O)S(=O)(=O)CCC(F)(F)F)OC1/C=C\Br. The van der Waals surface area contributed by atoms with E-state index in [0.717, 1.165) is 0 Å². The number of alkyl halides is 3. The fourth-order valence-corrected chi connectivity index (χ4v) is 3.88. The lowest BCUT2D eigenvalue weighted by molar-refractivity contribution is -0.130. The molecule has 0 saturated carbocycles. The van der Waals surface area contributed by atoms with E-state index in [1.165, 1.54) is 0 Å². The van der Waals surface area contributed by atoms with Crippen molar-refractivity contribution in [3.63, 3.8) is 0 Å². The molecule has 134 valence electrons. The summed E-state index contributed by atoms with van der Waals surface area (Å²) in [6.07, 6.45) is -7.02. The van der Waals surface area contributed by atoms with Crippen LogP contribution < -0.4 is 0 Å². The Bertz CT molecular complexity index is 551. The Labute approximate surface area is 140 Å². The first kappa shape index (κ1) is 20.2. The van der Waals surface area contributed by atoms with Gasteiger partial charge in [0.1, 0.15) is 0 Å². The average Bonchev–Trinajstić information content (AvgIpc) is 2.74. The number of hydrogen-bond donors (Lipinski definition) is 1. The van der Waals surface area contributed by atoms with Crippen molar-refractivity contribution in [3.8, 4) is 0 Å². The summed E-state index contributed by atoms with van der Waals surface area (Å²) in [4.78, 5) is 12.7. The van der Waals surface area contributed by atoms with Crippen LogP contribution in [0.4, 0.5) is 18.0 Å². The number of carboxylic acid groups (broad SMARTS) is 1. The number of rotatable bonds is 6. The lowest BCUT2D eigenvalue weighted by Crippen LogP contribution is -2.43. The molecule has 0 aromatic rings. The van der Waals surface area contributed by atoms with Gasteiger partial charge in [0, 0.05) is 0 Å². The Kier molecular flexibility index (Phi) is 6.90. The molecular formula is C12H17BrF3NO5S. The molecule has 0 spiro atoms. The summed E-state index contributed by atoms with van der Waals surface area (Å²) in [5.41, 5.74) is 0. The third kappa shape index (κ3) is 6.30. The van der Waals surface area contributed by atoms with E-state index in [0.29, 0.717) is 6.42 Å². The molecule has 0 aliphatic carbocycles. The molecule has 0 bridgehead atoms. The molecule has 1 rings (SSSR count). The van der Waals surface area contributed by atoms with Crippen molar-refractivity contribution in [1.29, 1.82) is 0 Å². The van der Waals surface area contributed by atoms with Crippen molar-refractivity contribution in [2.24, 2.45) is 5.92 Å². The Morgan fingerprint density at radius 2 is 2.09 bits per heavy atom. The molecule has 1 heterocycles. The standard InChI is InChI=1S/C12H17BrF3NO5S/c1-8-6-9(22-10(8)2-4-13)7-17(11(18)19)23(20,21)5-3-12(14,15)16/h2,4,8-10H,3,5-7H2,1H3,(H,18,19)/b4-2-. The molecular weight excluding hydrogens is 407 g/mol. The largest absolute Gasteiger partial charge is 0.464 e. The number of sulfonamides is 1. The Balaban J connectivity index is 2.78. The third-order valence-corrected chi connectivity index (χ3v) is 5.37. The number of halogens is 4. The van der Waals surface area contributed by atoms with E-state index in [9.17, 15) is 26.4 Å². The number of ether oxygens (including phenoxy) is 1. The second-order valence-electron chi connectivity index (χ2n) is 5.25. The number of nitrogens with zero attached hydrogens (tertiary/aromatic N) is 1. The molecule has 1 aliphatic heterocycles. The topological polar surface area (TPSA) is 83.9 Å². The quantitative estimate of drug-likeness (QED) is 0.709. The van der Waals surface area contributed by atoms with Crippen LogP contribution in [0.15, 0.2) is 11.1 Å². The molecule has 1 aliphatic rings. The van der Waals surface area contributed by atoms with E-state index >= 15 is 0 Å². The monoisotopic (exact) mass is 423 g/mol. The molecule has 1 fully saturated rings. The average molecular weight is 424 g/mol. The van der Waals surface area contributed by atoms with E-state index in [-0.39, 0.29) is 16.3 Å². The smallest absolute Gasteiger partial charge is 0.421 e. The van der Waals surface area contributed by atoms with Crippen LogP contribution in [0.5, 0.6) is 0 Å². The molecule has 1 N–H and O–H groups in total. The van der Waals surface area contributed by atoms with Gasteiger partial charge in [-0.05, 0) is 23.4 Å². The molecule has 1 amide bonds. The first-order valence-corrected chi connectivity index (χ1v) is 9.21. The van der Waals surface area contributed by atoms with Crippen molar-refractivity contribution in [2.75, 3.05) is 12.3 Å². The zero-order chi connectivity index (χ0) is 17.8. The predicted octanol–water partition coefficient (Wildman–Crippen LogP) is 2.95. The van der Waals surface area contributed by atoms with Gasteiger partial charge in [-0.15, -0.1) is 0 Å². The van der Waals surface area contributed by atoms with Gasteiger partial charge >= 0.3 is 12.3 Å². The van der Waals surface area contributed by atoms with Crippen LogP contribution >= 0.6 is 15.9 Å². The highest BCUT2D eigenvalue weighted by molar-refractivity contribution is 9.11. The summed E-state index contributed by atoms with van der Waals surface area (Å²) < 4.78 is 65.8. The third-order valence-electron chi connectivity index (χ3n) is 3.37. The van der Waals surface area contributed by atoms with Crippen molar-refractivity contribution in [3.05, 3.63) is 11.1 Å². The van der Waals surface area contributed by atoms with E-state index in [1.807, 2.05) is 6.92 Å². The first-order valence-electron chi connectivity index (χ1n) is 6.68. The van der Waals surface area contributed by atoms with Gasteiger partial charge in [-0.2, -0.15) is 13.2 Å². The van der Waals surface area contributed by atoms with Crippen molar-refractivity contribution in [2.45, 2.75) is 38.1 Å². The number of hydrogen-bond acceptors (Lipinski definition) is 4. The molecule has 6 nitrogen and oxygen atoms in total. The highest BCUT2D eigenvalue weighted by Crippen LogP contribution is 2.29. The zero-order valence-electron chi connectivity index (χ0n) is 12.2. The van der Waals surface area contributed by atoms with Gasteiger partial charge in [0.05, 0.1) is 30.9 Å². The molecule has 3 unspecified atom stereocenters. The first-order chi connectivity index (χ1) is 10.5. The summed E-state index contributed by atoms with van der Waals surface area (Å²) in [6.45, 7) is 1.33. The summed E-state index contributed by atoms with van der Waals surface area (Å²) in [5, 5.41) is 9.02. The normalized spacial score (nSPS) is 25.9. The summed E-state index contributed by atoms with van der Waals surface area (Å²) >= 11 is 3.08. The summed E-state index contributed by atoms with van der Waals surface area (Å²) in [6, 6.07) is 0. The molecule has 11 heteroatoms. The van der Waals surface area contributed by atoms with Crippen LogP contribution in [0, 0.1) is 5.92 Å². The minimum Gasteiger partial charge on any atom is -0.464 e. The number of carbonyl (C=O) groups is 1. The van der Waals surface area contributed by atoms with Crippen LogP contribution in [0.2, 0.25) is 0 Å². The minimum absolute atomic E-state index is 0.0299. The summed E-state index contributed by atoms with van der Waals surface area (Å²) in [7, 11) is -4.58. The molecule has 0 aromatic carbocycles. The van der Waals surface area contributed by atoms with E-state index < -0.39 is 47.1 Å². The lowest BCUT2D eigenvalue weighted by Gasteiger charge is -2.22. The molecule has 0 radical (unpaired) electrons. The molecule has 1 saturated heterocycles. The van der Waals surface area contributed by atoms with Crippen molar-refractivity contribution < 1.29 is 36.2 Å². The highest BCUT2D eigenvalue weighted by Gasteiger charge is 2.38. The van der Waals surface area contributed by atoms with Gasteiger partial charge in [0.25, 0.3) is 0 Å². The van der Waals surface area contributed by atoms with Crippen LogP contribution in [0.1, 0.15) is 19.8 Å². The Morgan fingerprint density at radius 1 is 1.48 bits per heavy atom. The minimum atomic E-state index is -4.68. The number of amides is 1. The fraction of sp³-hybridized carbons (Fsp3) is 0.750. The van der Waals surface area contributed by atoms with Gasteiger partial charge in [-0.1, -0.05) is 22.9 Å². The van der Waals surface area contributed by atoms with Gasteiger partial charge in [-0.3, -0.25) is 0 Å². The van der Waals surface area contributed by atoms with Crippen molar-refractivity contribution >= 4 is 32.0 Å². The van der Waals surface area contributed by atoms with Gasteiger partial charge in [-0.25, -0.2) is 17.5 Å². The maximum Gasteiger partial charge on any atom is 0.421 e. The van der Waals surface area contributed by atoms with Crippen LogP contribution in [0.25, 0.3) is 0 Å². The lowest BCUT2D eigenvalue weighted by atomic mass is 10.0. The maximum absolute atomic E-state index is 12.2. The summed E-state index contributed by atoms with van der Waals surface area (Å²) in [5.74, 6) is -1.28. The molecule has 3 atom stereocenters. The van der Waals surface area contributed by atoms with Gasteiger partial charge < -0.3 is 9.84 Å². The van der Waals surface area contributed by atoms with Gasteiger partial charge in [0.2, 0.25) is 10.0 Å². The van der Waals surface area contributed by atoms with Crippen LogP contribution in [0.3, 0.4) is 0 Å². The zero-order valence-corrected chi connectivity index (χ0v) is 14.6. The van der Waals surface area contributed by atoms with E-state index in [2.05, 4.69) is 15.9 Å². The predicted molar refractivity (Wildman–Crippen MR) is 79.7 cm³/mol. The second kappa shape index (κ2) is 7.84. The second-order valence-corrected chi connectivity index (χ2v) is 7.79.